The van der Waals surface area contributed by atoms with Crippen LogP contribution < -0.4 is 10.6 Å². The summed E-state index contributed by atoms with van der Waals surface area (Å²) in [4.78, 5) is 26.4. The number of rotatable bonds is 9. The van der Waals surface area contributed by atoms with Gasteiger partial charge in [-0.05, 0) is 36.7 Å². The standard InChI is InChI=1S/C28H34N6OS/c35-27(28(32-15-21-36-28)24-10-6-12-29-22-24)31-14-7-16-33-17-19-34(20-18-33)26(23-8-2-1-3-9-23)25-11-4-5-13-30-25/h1-6,8-13,22,26,32H,7,14-21H2,(H,31,35). The monoisotopic (exact) mass is 502 g/mol. The maximum absolute atomic E-state index is 13.2. The molecule has 2 aliphatic rings. The van der Waals surface area contributed by atoms with E-state index in [1.54, 1.807) is 24.2 Å². The molecule has 188 valence electrons. The first kappa shape index (κ1) is 24.9. The van der Waals surface area contributed by atoms with E-state index in [-0.39, 0.29) is 11.9 Å². The number of benzene rings is 1. The van der Waals surface area contributed by atoms with Crippen molar-refractivity contribution >= 4 is 17.7 Å². The lowest BCUT2D eigenvalue weighted by molar-refractivity contribution is -0.124. The van der Waals surface area contributed by atoms with Crippen LogP contribution in [0, 0.1) is 0 Å². The van der Waals surface area contributed by atoms with Crippen molar-refractivity contribution in [1.82, 2.24) is 30.4 Å². The fourth-order valence-electron chi connectivity index (χ4n) is 5.13. The second-order valence-electron chi connectivity index (χ2n) is 9.25. The number of thioether (sulfide) groups is 1. The summed E-state index contributed by atoms with van der Waals surface area (Å²) >= 11 is 1.65. The first-order chi connectivity index (χ1) is 17.8. The van der Waals surface area contributed by atoms with Crippen LogP contribution in [0.2, 0.25) is 0 Å². The van der Waals surface area contributed by atoms with Gasteiger partial charge in [0.05, 0.1) is 11.7 Å². The zero-order chi connectivity index (χ0) is 24.6. The molecule has 2 unspecified atom stereocenters. The first-order valence-corrected chi connectivity index (χ1v) is 13.7. The molecule has 8 heteroatoms. The third-order valence-electron chi connectivity index (χ3n) is 6.97. The molecule has 7 nitrogen and oxygen atoms in total. The van der Waals surface area contributed by atoms with Crippen LogP contribution in [0.25, 0.3) is 0 Å². The Morgan fingerprint density at radius 2 is 1.86 bits per heavy atom. The molecule has 1 aromatic carbocycles. The minimum absolute atomic E-state index is 0.0314. The molecular formula is C28H34N6OS. The van der Waals surface area contributed by atoms with E-state index >= 15 is 0 Å². The van der Waals surface area contributed by atoms with Crippen LogP contribution in [0.5, 0.6) is 0 Å². The third kappa shape index (κ3) is 5.62. The lowest BCUT2D eigenvalue weighted by Crippen LogP contribution is -2.50. The molecule has 2 aliphatic heterocycles. The van der Waals surface area contributed by atoms with Crippen LogP contribution >= 0.6 is 11.8 Å². The van der Waals surface area contributed by atoms with E-state index in [9.17, 15) is 4.79 Å². The van der Waals surface area contributed by atoms with Crippen molar-refractivity contribution in [3.63, 3.8) is 0 Å². The van der Waals surface area contributed by atoms with Gasteiger partial charge in [0.15, 0.2) is 4.87 Å². The summed E-state index contributed by atoms with van der Waals surface area (Å²) < 4.78 is 0. The number of nitrogens with one attached hydrogen (secondary N) is 2. The predicted octanol–water partition coefficient (Wildman–Crippen LogP) is 2.88. The summed E-state index contributed by atoms with van der Waals surface area (Å²) in [7, 11) is 0. The minimum Gasteiger partial charge on any atom is -0.353 e. The SMILES string of the molecule is O=C(NCCCN1CCN(C(c2ccccc2)c2ccccn2)CC1)C1(c2cccnc2)NCCS1. The van der Waals surface area contributed by atoms with Crippen LogP contribution in [0.1, 0.15) is 29.3 Å². The summed E-state index contributed by atoms with van der Waals surface area (Å²) in [6, 6.07) is 20.9. The van der Waals surface area contributed by atoms with Gasteiger partial charge in [-0.1, -0.05) is 42.5 Å². The number of piperazine rings is 1. The Bertz CT molecular complexity index is 1050. The molecule has 36 heavy (non-hydrogen) atoms. The van der Waals surface area contributed by atoms with Gasteiger partial charge in [0.25, 0.3) is 5.91 Å². The zero-order valence-corrected chi connectivity index (χ0v) is 21.4. The largest absolute Gasteiger partial charge is 0.353 e. The van der Waals surface area contributed by atoms with E-state index < -0.39 is 4.87 Å². The van der Waals surface area contributed by atoms with Crippen molar-refractivity contribution in [2.24, 2.45) is 0 Å². The smallest absolute Gasteiger partial charge is 0.255 e. The summed E-state index contributed by atoms with van der Waals surface area (Å²) in [5, 5.41) is 6.59. The molecule has 0 radical (unpaired) electrons. The van der Waals surface area contributed by atoms with Crippen molar-refractivity contribution in [3.8, 4) is 0 Å². The molecule has 1 amide bonds. The Morgan fingerprint density at radius 1 is 1.03 bits per heavy atom. The van der Waals surface area contributed by atoms with Crippen molar-refractivity contribution < 1.29 is 4.79 Å². The number of pyridine rings is 2. The molecule has 2 aromatic heterocycles. The highest BCUT2D eigenvalue weighted by Crippen LogP contribution is 2.37. The van der Waals surface area contributed by atoms with Crippen LogP contribution in [0.3, 0.4) is 0 Å². The Labute approximate surface area is 217 Å². The summed E-state index contributed by atoms with van der Waals surface area (Å²) in [5.74, 6) is 0.943. The highest BCUT2D eigenvalue weighted by molar-refractivity contribution is 8.01. The average Bonchev–Trinajstić information content (AvgIpc) is 3.45. The van der Waals surface area contributed by atoms with E-state index in [2.05, 4.69) is 72.9 Å². The quantitative estimate of drug-likeness (QED) is 0.436. The fourth-order valence-corrected chi connectivity index (χ4v) is 6.34. The highest BCUT2D eigenvalue weighted by atomic mass is 32.2. The van der Waals surface area contributed by atoms with Gasteiger partial charge in [0, 0.05) is 69.2 Å². The molecule has 3 aromatic rings. The average molecular weight is 503 g/mol. The number of nitrogens with zero attached hydrogens (tertiary/aromatic N) is 4. The normalized spacial score (nSPS) is 21.8. The summed E-state index contributed by atoms with van der Waals surface area (Å²) in [5.41, 5.74) is 3.30. The van der Waals surface area contributed by atoms with Crippen molar-refractivity contribution in [2.75, 3.05) is 51.6 Å². The molecule has 2 saturated heterocycles. The number of carbonyl (C=O) groups is 1. The number of amides is 1. The number of hydrogen-bond donors (Lipinski definition) is 2. The predicted molar refractivity (Wildman–Crippen MR) is 145 cm³/mol. The molecule has 0 bridgehead atoms. The first-order valence-electron chi connectivity index (χ1n) is 12.8. The summed E-state index contributed by atoms with van der Waals surface area (Å²) in [6.45, 7) is 6.49. The van der Waals surface area contributed by atoms with Gasteiger partial charge in [0.2, 0.25) is 0 Å². The van der Waals surface area contributed by atoms with Crippen LogP contribution in [-0.2, 0) is 9.67 Å². The van der Waals surface area contributed by atoms with Crippen molar-refractivity contribution in [3.05, 3.63) is 96.1 Å². The Balaban J connectivity index is 1.12. The van der Waals surface area contributed by atoms with E-state index in [4.69, 9.17) is 0 Å². The lowest BCUT2D eigenvalue weighted by Gasteiger charge is -2.39. The van der Waals surface area contributed by atoms with E-state index in [0.29, 0.717) is 6.54 Å². The lowest BCUT2D eigenvalue weighted by atomic mass is 10.0. The fraction of sp³-hybridized carbons (Fsp3) is 0.393. The Hall–Kier alpha value is -2.78. The molecule has 2 N–H and O–H groups in total. The molecule has 0 saturated carbocycles. The van der Waals surface area contributed by atoms with Crippen molar-refractivity contribution in [1.29, 1.82) is 0 Å². The van der Waals surface area contributed by atoms with Gasteiger partial charge in [-0.2, -0.15) is 0 Å². The van der Waals surface area contributed by atoms with Gasteiger partial charge in [-0.25, -0.2) is 0 Å². The molecule has 0 aliphatic carbocycles. The van der Waals surface area contributed by atoms with E-state index in [1.807, 2.05) is 24.4 Å². The van der Waals surface area contributed by atoms with Crippen LogP contribution in [0.15, 0.2) is 79.3 Å². The molecule has 2 fully saturated rings. The zero-order valence-electron chi connectivity index (χ0n) is 20.6. The second kappa shape index (κ2) is 12.0. The van der Waals surface area contributed by atoms with Gasteiger partial charge < -0.3 is 10.2 Å². The summed E-state index contributed by atoms with van der Waals surface area (Å²) in [6.07, 6.45) is 6.35. The second-order valence-corrected chi connectivity index (χ2v) is 10.6. The van der Waals surface area contributed by atoms with E-state index in [1.165, 1.54) is 5.56 Å². The van der Waals surface area contributed by atoms with E-state index in [0.717, 1.165) is 62.7 Å². The molecule has 4 heterocycles. The number of carbonyl (C=O) groups excluding carboxylic acids is 1. The number of hydrogen-bond acceptors (Lipinski definition) is 7. The number of aromatic nitrogens is 2. The van der Waals surface area contributed by atoms with Crippen molar-refractivity contribution in [2.45, 2.75) is 17.3 Å². The Kier molecular flexibility index (Phi) is 8.28. The van der Waals surface area contributed by atoms with Gasteiger partial charge in [-0.15, -0.1) is 11.8 Å². The molecule has 5 rings (SSSR count). The molecule has 2 atom stereocenters. The molecular weight excluding hydrogens is 468 g/mol. The Morgan fingerprint density at radius 3 is 2.56 bits per heavy atom. The minimum atomic E-state index is -0.724. The van der Waals surface area contributed by atoms with Crippen LogP contribution in [0.4, 0.5) is 0 Å². The van der Waals surface area contributed by atoms with Gasteiger partial charge in [0.1, 0.15) is 0 Å². The third-order valence-corrected chi connectivity index (χ3v) is 8.38. The maximum Gasteiger partial charge on any atom is 0.255 e. The topological polar surface area (TPSA) is 73.4 Å². The van der Waals surface area contributed by atoms with Gasteiger partial charge in [-0.3, -0.25) is 25.0 Å². The van der Waals surface area contributed by atoms with Gasteiger partial charge >= 0.3 is 0 Å². The maximum atomic E-state index is 13.2. The molecule has 0 spiro atoms. The van der Waals surface area contributed by atoms with Crippen LogP contribution in [-0.4, -0.2) is 77.2 Å². The highest BCUT2D eigenvalue weighted by Gasteiger charge is 2.43.